The van der Waals surface area contributed by atoms with Crippen LogP contribution < -0.4 is 5.73 Å². The largest absolute Gasteiger partial charge is 0.341 e. The highest BCUT2D eigenvalue weighted by molar-refractivity contribution is 5.85. The van der Waals surface area contributed by atoms with Crippen molar-refractivity contribution in [2.75, 3.05) is 13.1 Å². The number of halogens is 1. The SMILES string of the molecule is CCC1(C)CCN(C(=O)C(N)C(C)C)C1.Cl. The molecule has 0 radical (unpaired) electrons. The van der Waals surface area contributed by atoms with E-state index in [1.807, 2.05) is 18.7 Å². The monoisotopic (exact) mass is 248 g/mol. The molecule has 0 spiro atoms. The Kier molecular flexibility index (Phi) is 5.77. The Morgan fingerprint density at radius 3 is 2.44 bits per heavy atom. The molecule has 1 amide bonds. The first kappa shape index (κ1) is 15.7. The lowest BCUT2D eigenvalue weighted by Crippen LogP contribution is -2.46. The van der Waals surface area contributed by atoms with Crippen LogP contribution in [0.5, 0.6) is 0 Å². The zero-order chi connectivity index (χ0) is 11.6. The molecule has 0 aromatic carbocycles. The van der Waals surface area contributed by atoms with E-state index in [0.717, 1.165) is 25.9 Å². The predicted octanol–water partition coefficient (Wildman–Crippen LogP) is 2.04. The highest BCUT2D eigenvalue weighted by atomic mass is 35.5. The van der Waals surface area contributed by atoms with Crippen LogP contribution in [0.4, 0.5) is 0 Å². The smallest absolute Gasteiger partial charge is 0.239 e. The van der Waals surface area contributed by atoms with Gasteiger partial charge in [0.15, 0.2) is 0 Å². The number of carbonyl (C=O) groups is 1. The minimum Gasteiger partial charge on any atom is -0.341 e. The number of nitrogens with zero attached hydrogens (tertiary/aromatic N) is 1. The predicted molar refractivity (Wildman–Crippen MR) is 69.7 cm³/mol. The molecule has 0 aliphatic carbocycles. The van der Waals surface area contributed by atoms with Crippen molar-refractivity contribution < 1.29 is 4.79 Å². The molecule has 1 rings (SSSR count). The van der Waals surface area contributed by atoms with Gasteiger partial charge in [-0.05, 0) is 24.2 Å². The lowest BCUT2D eigenvalue weighted by atomic mass is 9.87. The minimum absolute atomic E-state index is 0. The van der Waals surface area contributed by atoms with Gasteiger partial charge in [-0.15, -0.1) is 12.4 Å². The standard InChI is InChI=1S/C12H24N2O.ClH/c1-5-12(4)6-7-14(8-12)11(15)10(13)9(2)3;/h9-10H,5-8,13H2,1-4H3;1H. The van der Waals surface area contributed by atoms with Crippen molar-refractivity contribution in [3.63, 3.8) is 0 Å². The second-order valence-corrected chi connectivity index (χ2v) is 5.44. The lowest BCUT2D eigenvalue weighted by Gasteiger charge is -2.26. The fraction of sp³-hybridized carbons (Fsp3) is 0.917. The van der Waals surface area contributed by atoms with E-state index >= 15 is 0 Å². The Morgan fingerprint density at radius 2 is 2.06 bits per heavy atom. The van der Waals surface area contributed by atoms with Crippen LogP contribution in [0, 0.1) is 11.3 Å². The zero-order valence-corrected chi connectivity index (χ0v) is 11.6. The number of hydrogen-bond acceptors (Lipinski definition) is 2. The number of likely N-dealkylation sites (tertiary alicyclic amines) is 1. The van der Waals surface area contributed by atoms with Crippen molar-refractivity contribution in [2.45, 2.75) is 46.6 Å². The molecule has 2 unspecified atom stereocenters. The van der Waals surface area contributed by atoms with Gasteiger partial charge < -0.3 is 10.6 Å². The molecule has 2 N–H and O–H groups in total. The summed E-state index contributed by atoms with van der Waals surface area (Å²) in [5.74, 6) is 0.355. The highest BCUT2D eigenvalue weighted by Crippen LogP contribution is 2.33. The molecule has 1 heterocycles. The molecule has 96 valence electrons. The van der Waals surface area contributed by atoms with Crippen LogP contribution in [0.25, 0.3) is 0 Å². The fourth-order valence-corrected chi connectivity index (χ4v) is 2.00. The van der Waals surface area contributed by atoms with Crippen molar-refractivity contribution in [1.29, 1.82) is 0 Å². The molecule has 3 nitrogen and oxygen atoms in total. The third-order valence-electron chi connectivity index (χ3n) is 3.73. The van der Waals surface area contributed by atoms with Gasteiger partial charge in [0.25, 0.3) is 0 Å². The van der Waals surface area contributed by atoms with E-state index in [2.05, 4.69) is 13.8 Å². The van der Waals surface area contributed by atoms with Gasteiger partial charge >= 0.3 is 0 Å². The first-order chi connectivity index (χ1) is 6.89. The molecular formula is C12H25ClN2O. The van der Waals surface area contributed by atoms with E-state index in [4.69, 9.17) is 5.73 Å². The molecule has 16 heavy (non-hydrogen) atoms. The van der Waals surface area contributed by atoms with E-state index in [1.165, 1.54) is 0 Å². The van der Waals surface area contributed by atoms with E-state index in [1.54, 1.807) is 0 Å². The van der Waals surface area contributed by atoms with E-state index < -0.39 is 0 Å². The van der Waals surface area contributed by atoms with Crippen LogP contribution in [0.1, 0.15) is 40.5 Å². The zero-order valence-electron chi connectivity index (χ0n) is 10.8. The first-order valence-corrected chi connectivity index (χ1v) is 5.94. The summed E-state index contributed by atoms with van der Waals surface area (Å²) in [6, 6.07) is -0.329. The third-order valence-corrected chi connectivity index (χ3v) is 3.73. The summed E-state index contributed by atoms with van der Waals surface area (Å²) in [6.45, 7) is 10.2. The Labute approximate surface area is 105 Å². The number of hydrogen-bond donors (Lipinski definition) is 1. The quantitative estimate of drug-likeness (QED) is 0.831. The molecule has 0 bridgehead atoms. The second kappa shape index (κ2) is 5.87. The Balaban J connectivity index is 0.00000225. The maximum absolute atomic E-state index is 12.0. The van der Waals surface area contributed by atoms with E-state index in [-0.39, 0.29) is 30.3 Å². The van der Waals surface area contributed by atoms with Gasteiger partial charge in [-0.1, -0.05) is 27.7 Å². The molecule has 1 saturated heterocycles. The van der Waals surface area contributed by atoms with Crippen LogP contribution in [0.3, 0.4) is 0 Å². The summed E-state index contributed by atoms with van der Waals surface area (Å²) in [4.78, 5) is 13.9. The summed E-state index contributed by atoms with van der Waals surface area (Å²) in [5.41, 5.74) is 6.19. The normalized spacial score (nSPS) is 26.8. The molecule has 1 fully saturated rings. The van der Waals surface area contributed by atoms with Gasteiger partial charge in [-0.3, -0.25) is 4.79 Å². The summed E-state index contributed by atoms with van der Waals surface area (Å²) in [6.07, 6.45) is 2.24. The lowest BCUT2D eigenvalue weighted by molar-refractivity contribution is -0.132. The van der Waals surface area contributed by atoms with Gasteiger partial charge in [0.1, 0.15) is 0 Å². The molecule has 4 heteroatoms. The number of rotatable bonds is 3. The van der Waals surface area contributed by atoms with Crippen molar-refractivity contribution in [2.24, 2.45) is 17.1 Å². The topological polar surface area (TPSA) is 46.3 Å². The van der Waals surface area contributed by atoms with Gasteiger partial charge in [0.2, 0.25) is 5.91 Å². The first-order valence-electron chi connectivity index (χ1n) is 5.94. The van der Waals surface area contributed by atoms with E-state index in [9.17, 15) is 4.79 Å². The maximum atomic E-state index is 12.0. The van der Waals surface area contributed by atoms with Gasteiger partial charge in [-0.25, -0.2) is 0 Å². The van der Waals surface area contributed by atoms with E-state index in [0.29, 0.717) is 5.41 Å². The summed E-state index contributed by atoms with van der Waals surface area (Å²) in [5, 5.41) is 0. The van der Waals surface area contributed by atoms with Gasteiger partial charge in [-0.2, -0.15) is 0 Å². The second-order valence-electron chi connectivity index (χ2n) is 5.44. The summed E-state index contributed by atoms with van der Waals surface area (Å²) in [7, 11) is 0. The fourth-order valence-electron chi connectivity index (χ4n) is 2.00. The molecular weight excluding hydrogens is 224 g/mol. The number of nitrogens with two attached hydrogens (primary N) is 1. The number of amides is 1. The van der Waals surface area contributed by atoms with Crippen LogP contribution in [-0.2, 0) is 4.79 Å². The molecule has 1 aliphatic heterocycles. The van der Waals surface area contributed by atoms with Crippen LogP contribution in [0.2, 0.25) is 0 Å². The van der Waals surface area contributed by atoms with Crippen molar-refractivity contribution in [1.82, 2.24) is 4.90 Å². The Morgan fingerprint density at radius 1 is 1.50 bits per heavy atom. The van der Waals surface area contributed by atoms with Crippen molar-refractivity contribution >= 4 is 18.3 Å². The maximum Gasteiger partial charge on any atom is 0.239 e. The molecule has 2 atom stereocenters. The van der Waals surface area contributed by atoms with Crippen molar-refractivity contribution in [3.8, 4) is 0 Å². The summed E-state index contributed by atoms with van der Waals surface area (Å²) >= 11 is 0. The molecule has 0 saturated carbocycles. The molecule has 0 aromatic heterocycles. The third kappa shape index (κ3) is 3.36. The Bertz CT molecular complexity index is 245. The van der Waals surface area contributed by atoms with Crippen LogP contribution in [0.15, 0.2) is 0 Å². The molecule has 1 aliphatic rings. The van der Waals surface area contributed by atoms with Gasteiger partial charge in [0, 0.05) is 13.1 Å². The Hall–Kier alpha value is -0.280. The average Bonchev–Trinajstić information content (AvgIpc) is 2.59. The summed E-state index contributed by atoms with van der Waals surface area (Å²) < 4.78 is 0. The van der Waals surface area contributed by atoms with Crippen LogP contribution in [-0.4, -0.2) is 29.9 Å². The van der Waals surface area contributed by atoms with Crippen molar-refractivity contribution in [3.05, 3.63) is 0 Å². The van der Waals surface area contributed by atoms with Crippen LogP contribution >= 0.6 is 12.4 Å². The minimum atomic E-state index is -0.329. The number of carbonyl (C=O) groups excluding carboxylic acids is 1. The molecule has 0 aromatic rings. The highest BCUT2D eigenvalue weighted by Gasteiger charge is 2.36. The average molecular weight is 249 g/mol. The van der Waals surface area contributed by atoms with Gasteiger partial charge in [0.05, 0.1) is 6.04 Å².